The first-order valence-corrected chi connectivity index (χ1v) is 9.58. The lowest BCUT2D eigenvalue weighted by atomic mass is 10.1. The Kier molecular flexibility index (Phi) is 8.32. The van der Waals surface area contributed by atoms with E-state index in [4.69, 9.17) is 4.99 Å². The molecule has 2 aromatic rings. The molecule has 1 heterocycles. The minimum atomic E-state index is 0.860. The third-order valence-electron chi connectivity index (χ3n) is 4.50. The van der Waals surface area contributed by atoms with E-state index in [-0.39, 0.29) is 0 Å². The highest BCUT2D eigenvalue weighted by molar-refractivity contribution is 5.83. The van der Waals surface area contributed by atoms with Crippen molar-refractivity contribution in [3.8, 4) is 0 Å². The summed E-state index contributed by atoms with van der Waals surface area (Å²) in [6.45, 7) is 12.5. The van der Waals surface area contributed by atoms with Gasteiger partial charge in [-0.15, -0.1) is 0 Å². The number of para-hydroxylation sites is 1. The van der Waals surface area contributed by atoms with Crippen molar-refractivity contribution in [2.75, 3.05) is 39.3 Å². The Morgan fingerprint density at radius 2 is 1.92 bits per heavy atom. The minimum absolute atomic E-state index is 0.860. The highest BCUT2D eigenvalue weighted by Crippen LogP contribution is 2.17. The molecule has 25 heavy (non-hydrogen) atoms. The highest BCUT2D eigenvalue weighted by Gasteiger charge is 2.03. The number of nitrogens with zero attached hydrogens (tertiary/aromatic N) is 2. The van der Waals surface area contributed by atoms with Gasteiger partial charge in [0.1, 0.15) is 0 Å². The van der Waals surface area contributed by atoms with Crippen LogP contribution in [0.2, 0.25) is 0 Å². The second-order valence-electron chi connectivity index (χ2n) is 6.18. The summed E-state index contributed by atoms with van der Waals surface area (Å²) in [5, 5.41) is 8.10. The van der Waals surface area contributed by atoms with Crippen LogP contribution < -0.4 is 10.6 Å². The van der Waals surface area contributed by atoms with E-state index < -0.39 is 0 Å². The predicted octanol–water partition coefficient (Wildman–Crippen LogP) is 3.00. The van der Waals surface area contributed by atoms with E-state index in [0.717, 1.165) is 58.1 Å². The van der Waals surface area contributed by atoms with E-state index in [2.05, 4.69) is 71.8 Å². The number of hydrogen-bond donors (Lipinski definition) is 3. The average Bonchev–Trinajstić information content (AvgIpc) is 3.05. The molecule has 0 amide bonds. The van der Waals surface area contributed by atoms with Gasteiger partial charge in [0.2, 0.25) is 0 Å². The van der Waals surface area contributed by atoms with Gasteiger partial charge >= 0.3 is 0 Å². The smallest absolute Gasteiger partial charge is 0.191 e. The molecule has 0 aliphatic carbocycles. The third-order valence-corrected chi connectivity index (χ3v) is 4.50. The Balaban J connectivity index is 1.79. The summed E-state index contributed by atoms with van der Waals surface area (Å²) in [5.41, 5.74) is 2.55. The lowest BCUT2D eigenvalue weighted by molar-refractivity contribution is 0.302. The zero-order valence-corrected chi connectivity index (χ0v) is 15.9. The molecule has 0 aliphatic rings. The number of aromatic nitrogens is 1. The summed E-state index contributed by atoms with van der Waals surface area (Å²) < 4.78 is 0. The Labute approximate surface area is 151 Å². The molecule has 138 valence electrons. The lowest BCUT2D eigenvalue weighted by Crippen LogP contribution is -2.38. The van der Waals surface area contributed by atoms with Crippen LogP contribution in [0.3, 0.4) is 0 Å². The zero-order valence-electron chi connectivity index (χ0n) is 15.9. The summed E-state index contributed by atoms with van der Waals surface area (Å²) in [6, 6.07) is 8.45. The second-order valence-corrected chi connectivity index (χ2v) is 6.18. The largest absolute Gasteiger partial charge is 0.361 e. The Morgan fingerprint density at radius 3 is 2.68 bits per heavy atom. The van der Waals surface area contributed by atoms with Crippen molar-refractivity contribution in [1.29, 1.82) is 0 Å². The first-order chi connectivity index (χ1) is 12.3. The van der Waals surface area contributed by atoms with Gasteiger partial charge in [0.05, 0.1) is 0 Å². The van der Waals surface area contributed by atoms with Crippen molar-refractivity contribution in [1.82, 2.24) is 20.5 Å². The predicted molar refractivity (Wildman–Crippen MR) is 108 cm³/mol. The molecule has 0 fully saturated rings. The quantitative estimate of drug-likeness (QED) is 0.353. The van der Waals surface area contributed by atoms with Crippen molar-refractivity contribution in [2.24, 2.45) is 4.99 Å². The molecule has 5 nitrogen and oxygen atoms in total. The summed E-state index contributed by atoms with van der Waals surface area (Å²) >= 11 is 0. The minimum Gasteiger partial charge on any atom is -0.361 e. The van der Waals surface area contributed by atoms with Crippen molar-refractivity contribution < 1.29 is 0 Å². The van der Waals surface area contributed by atoms with Crippen LogP contribution in [0.15, 0.2) is 35.5 Å². The van der Waals surface area contributed by atoms with E-state index >= 15 is 0 Å². The molecule has 0 unspecified atom stereocenters. The van der Waals surface area contributed by atoms with Gasteiger partial charge in [0.25, 0.3) is 0 Å². The van der Waals surface area contributed by atoms with Gasteiger partial charge in [0, 0.05) is 36.7 Å². The second kappa shape index (κ2) is 10.8. The van der Waals surface area contributed by atoms with Crippen LogP contribution in [0, 0.1) is 0 Å². The summed E-state index contributed by atoms with van der Waals surface area (Å²) in [6.07, 6.45) is 4.19. The van der Waals surface area contributed by atoms with E-state index in [9.17, 15) is 0 Å². The topological polar surface area (TPSA) is 55.5 Å². The molecule has 5 heteroatoms. The Hall–Kier alpha value is -2.01. The first kappa shape index (κ1) is 19.3. The SMILES string of the molecule is CCNC(=NCCCN(CC)CC)NCCc1c[nH]c2ccccc12. The van der Waals surface area contributed by atoms with Crippen molar-refractivity contribution in [3.63, 3.8) is 0 Å². The average molecular weight is 344 g/mol. The molecule has 1 aromatic carbocycles. The monoisotopic (exact) mass is 343 g/mol. The number of hydrogen-bond acceptors (Lipinski definition) is 2. The fourth-order valence-corrected chi connectivity index (χ4v) is 3.02. The molecular weight excluding hydrogens is 310 g/mol. The van der Waals surface area contributed by atoms with Gasteiger partial charge in [-0.05, 0) is 51.0 Å². The fourth-order valence-electron chi connectivity index (χ4n) is 3.02. The lowest BCUT2D eigenvalue weighted by Gasteiger charge is -2.17. The number of aliphatic imine (C=N–C) groups is 1. The van der Waals surface area contributed by atoms with Crippen LogP contribution in [0.4, 0.5) is 0 Å². The van der Waals surface area contributed by atoms with Gasteiger partial charge in [-0.1, -0.05) is 32.0 Å². The van der Waals surface area contributed by atoms with Crippen LogP contribution in [-0.2, 0) is 6.42 Å². The maximum Gasteiger partial charge on any atom is 0.191 e. The van der Waals surface area contributed by atoms with Crippen LogP contribution in [0.1, 0.15) is 32.8 Å². The molecule has 0 bridgehead atoms. The summed E-state index contributed by atoms with van der Waals surface area (Å²) in [4.78, 5) is 10.5. The Bertz CT molecular complexity index is 642. The van der Waals surface area contributed by atoms with Crippen molar-refractivity contribution in [3.05, 3.63) is 36.0 Å². The number of nitrogens with one attached hydrogen (secondary N) is 3. The van der Waals surface area contributed by atoms with Gasteiger partial charge in [0.15, 0.2) is 5.96 Å². The normalized spacial score (nSPS) is 12.1. The molecule has 0 radical (unpaired) electrons. The maximum atomic E-state index is 4.70. The molecular formula is C20H33N5. The highest BCUT2D eigenvalue weighted by atomic mass is 15.2. The van der Waals surface area contributed by atoms with E-state index in [0.29, 0.717) is 0 Å². The van der Waals surface area contributed by atoms with Gasteiger partial charge in [-0.3, -0.25) is 4.99 Å². The number of rotatable bonds is 10. The van der Waals surface area contributed by atoms with E-state index in [1.807, 2.05) is 0 Å². The standard InChI is InChI=1S/C20H33N5/c1-4-21-20(22-13-9-15-25(5-2)6-3)23-14-12-17-16-24-19-11-8-7-10-18(17)19/h7-8,10-11,16,24H,4-6,9,12-15H2,1-3H3,(H2,21,22,23). The van der Waals surface area contributed by atoms with Crippen LogP contribution in [0.25, 0.3) is 10.9 Å². The first-order valence-electron chi connectivity index (χ1n) is 9.58. The van der Waals surface area contributed by atoms with Crippen molar-refractivity contribution in [2.45, 2.75) is 33.6 Å². The molecule has 0 aliphatic heterocycles. The third kappa shape index (κ3) is 6.09. The molecule has 1 aromatic heterocycles. The molecule has 0 saturated carbocycles. The molecule has 2 rings (SSSR count). The number of guanidine groups is 1. The molecule has 0 spiro atoms. The number of H-pyrrole nitrogens is 1. The summed E-state index contributed by atoms with van der Waals surface area (Å²) in [7, 11) is 0. The maximum absolute atomic E-state index is 4.70. The molecule has 0 saturated heterocycles. The van der Waals surface area contributed by atoms with E-state index in [1.54, 1.807) is 0 Å². The van der Waals surface area contributed by atoms with E-state index in [1.165, 1.54) is 16.5 Å². The van der Waals surface area contributed by atoms with Crippen LogP contribution in [-0.4, -0.2) is 55.1 Å². The van der Waals surface area contributed by atoms with Crippen LogP contribution in [0.5, 0.6) is 0 Å². The summed E-state index contributed by atoms with van der Waals surface area (Å²) in [5.74, 6) is 0.918. The fraction of sp³-hybridized carbons (Fsp3) is 0.550. The molecule has 0 atom stereocenters. The molecule has 3 N–H and O–H groups in total. The van der Waals surface area contributed by atoms with Crippen LogP contribution >= 0.6 is 0 Å². The number of fused-ring (bicyclic) bond motifs is 1. The van der Waals surface area contributed by atoms with Crippen molar-refractivity contribution >= 4 is 16.9 Å². The van der Waals surface area contributed by atoms with Gasteiger partial charge < -0.3 is 20.5 Å². The van der Waals surface area contributed by atoms with Gasteiger partial charge in [-0.2, -0.15) is 0 Å². The number of benzene rings is 1. The number of aromatic amines is 1. The van der Waals surface area contributed by atoms with Gasteiger partial charge in [-0.25, -0.2) is 0 Å². The Morgan fingerprint density at radius 1 is 1.12 bits per heavy atom. The zero-order chi connectivity index (χ0) is 17.9.